The van der Waals surface area contributed by atoms with Crippen LogP contribution in [0.25, 0.3) is 0 Å². The van der Waals surface area contributed by atoms with Crippen LogP contribution in [-0.2, 0) is 4.79 Å². The average molecular weight is 233 g/mol. The fourth-order valence-electron chi connectivity index (χ4n) is 1.12. The Morgan fingerprint density at radius 3 is 2.47 bits per heavy atom. The number of carbonyl (C=O) groups excluding carboxylic acids is 1. The Bertz CT molecular complexity index is 462. The van der Waals surface area contributed by atoms with E-state index in [4.69, 9.17) is 16.1 Å². The largest absolute Gasteiger partial charge is 0.478 e. The van der Waals surface area contributed by atoms with Crippen LogP contribution >= 0.6 is 0 Å². The Morgan fingerprint density at radius 2 is 2.00 bits per heavy atom. The molecule has 1 unspecified atom stereocenters. The summed E-state index contributed by atoms with van der Waals surface area (Å²) in [6.07, 6.45) is -0.0704. The van der Waals surface area contributed by atoms with E-state index < -0.39 is 17.9 Å². The van der Waals surface area contributed by atoms with Gasteiger partial charge in [0, 0.05) is 5.69 Å². The molecule has 0 aromatic heterocycles. The Kier molecular flexibility index (Phi) is 4.20. The van der Waals surface area contributed by atoms with Gasteiger partial charge >= 0.3 is 5.97 Å². The molecule has 0 spiro atoms. The Balaban J connectivity index is 2.67. The summed E-state index contributed by atoms with van der Waals surface area (Å²) < 4.78 is 0. The van der Waals surface area contributed by atoms with Gasteiger partial charge in [0.2, 0.25) is 5.91 Å². The molecule has 17 heavy (non-hydrogen) atoms. The fourth-order valence-corrected chi connectivity index (χ4v) is 1.12. The second-order valence-corrected chi connectivity index (χ2v) is 3.34. The highest BCUT2D eigenvalue weighted by Gasteiger charge is 2.13. The van der Waals surface area contributed by atoms with Crippen LogP contribution < -0.4 is 11.1 Å². The van der Waals surface area contributed by atoms with Gasteiger partial charge < -0.3 is 16.2 Å². The second kappa shape index (κ2) is 5.63. The molecule has 0 radical (unpaired) electrons. The highest BCUT2D eigenvalue weighted by atomic mass is 16.4. The summed E-state index contributed by atoms with van der Waals surface area (Å²) in [5, 5.41) is 19.5. The van der Waals surface area contributed by atoms with Gasteiger partial charge in [0.25, 0.3) is 0 Å². The standard InChI is InChI=1S/C11H11N3O3/c12-6-5-9(13)10(15)14-8-3-1-7(2-4-8)11(16)17/h1-4,9H,5,13H2,(H,14,15)(H,16,17). The van der Waals surface area contributed by atoms with Crippen molar-refractivity contribution in [2.24, 2.45) is 5.73 Å². The first-order chi connectivity index (χ1) is 8.04. The summed E-state index contributed by atoms with van der Waals surface area (Å²) in [5.41, 5.74) is 5.99. The molecule has 0 aliphatic rings. The third-order valence-electron chi connectivity index (χ3n) is 2.05. The Hall–Kier alpha value is -2.39. The van der Waals surface area contributed by atoms with Gasteiger partial charge in [-0.3, -0.25) is 4.79 Å². The maximum Gasteiger partial charge on any atom is 0.335 e. The molecule has 4 N–H and O–H groups in total. The summed E-state index contributed by atoms with van der Waals surface area (Å²) in [6.45, 7) is 0. The van der Waals surface area contributed by atoms with Crippen molar-refractivity contribution in [1.82, 2.24) is 0 Å². The van der Waals surface area contributed by atoms with Gasteiger partial charge in [-0.05, 0) is 24.3 Å². The van der Waals surface area contributed by atoms with Crippen LogP contribution in [0.4, 0.5) is 5.69 Å². The fraction of sp³-hybridized carbons (Fsp3) is 0.182. The number of aromatic carboxylic acids is 1. The number of benzene rings is 1. The molecule has 6 nitrogen and oxygen atoms in total. The number of hydrogen-bond acceptors (Lipinski definition) is 4. The molecule has 0 heterocycles. The van der Waals surface area contributed by atoms with Crippen molar-refractivity contribution in [1.29, 1.82) is 5.26 Å². The van der Waals surface area contributed by atoms with Crippen LogP contribution in [0.15, 0.2) is 24.3 Å². The molecule has 0 bridgehead atoms. The van der Waals surface area contributed by atoms with E-state index in [0.717, 1.165) is 0 Å². The number of amides is 1. The van der Waals surface area contributed by atoms with Gasteiger partial charge in [-0.1, -0.05) is 0 Å². The van der Waals surface area contributed by atoms with Crippen LogP contribution in [0.2, 0.25) is 0 Å². The first-order valence-corrected chi connectivity index (χ1v) is 4.81. The summed E-state index contributed by atoms with van der Waals surface area (Å²) in [5.74, 6) is -1.52. The zero-order valence-corrected chi connectivity index (χ0v) is 8.88. The molecule has 6 heteroatoms. The number of carboxylic acids is 1. The van der Waals surface area contributed by atoms with Gasteiger partial charge in [0.05, 0.1) is 24.1 Å². The normalized spacial score (nSPS) is 11.3. The van der Waals surface area contributed by atoms with Gasteiger partial charge in [-0.15, -0.1) is 0 Å². The maximum atomic E-state index is 11.4. The number of carbonyl (C=O) groups is 2. The molecule has 88 valence electrons. The molecular weight excluding hydrogens is 222 g/mol. The molecule has 0 aliphatic carbocycles. The third kappa shape index (κ3) is 3.59. The number of hydrogen-bond donors (Lipinski definition) is 3. The zero-order chi connectivity index (χ0) is 12.8. The van der Waals surface area contributed by atoms with Crippen molar-refractivity contribution in [3.05, 3.63) is 29.8 Å². The molecule has 1 aromatic rings. The van der Waals surface area contributed by atoms with Crippen molar-refractivity contribution >= 4 is 17.6 Å². The van der Waals surface area contributed by atoms with E-state index in [1.165, 1.54) is 24.3 Å². The van der Waals surface area contributed by atoms with E-state index in [1.807, 2.05) is 0 Å². The lowest BCUT2D eigenvalue weighted by Gasteiger charge is -2.09. The molecule has 1 aromatic carbocycles. The van der Waals surface area contributed by atoms with Crippen molar-refractivity contribution in [3.8, 4) is 6.07 Å². The minimum absolute atomic E-state index is 0.0704. The molecule has 1 amide bonds. The highest BCUT2D eigenvalue weighted by molar-refractivity contribution is 5.95. The van der Waals surface area contributed by atoms with E-state index >= 15 is 0 Å². The summed E-state index contributed by atoms with van der Waals surface area (Å²) in [4.78, 5) is 22.0. The van der Waals surface area contributed by atoms with Gasteiger partial charge in [0.15, 0.2) is 0 Å². The Morgan fingerprint density at radius 1 is 1.41 bits per heavy atom. The molecule has 0 aliphatic heterocycles. The molecule has 1 atom stereocenters. The van der Waals surface area contributed by atoms with Crippen LogP contribution in [0, 0.1) is 11.3 Å². The van der Waals surface area contributed by atoms with Crippen molar-refractivity contribution < 1.29 is 14.7 Å². The van der Waals surface area contributed by atoms with E-state index in [0.29, 0.717) is 5.69 Å². The maximum absolute atomic E-state index is 11.4. The number of nitrogens with one attached hydrogen (secondary N) is 1. The predicted octanol–water partition coefficient (Wildman–Crippen LogP) is 0.564. The van der Waals surface area contributed by atoms with Crippen LogP contribution in [-0.4, -0.2) is 23.0 Å². The van der Waals surface area contributed by atoms with E-state index in [1.54, 1.807) is 6.07 Å². The van der Waals surface area contributed by atoms with E-state index in [-0.39, 0.29) is 12.0 Å². The number of nitrogens with two attached hydrogens (primary N) is 1. The Labute approximate surface area is 97.7 Å². The minimum atomic E-state index is -1.04. The lowest BCUT2D eigenvalue weighted by atomic mass is 10.2. The van der Waals surface area contributed by atoms with E-state index in [2.05, 4.69) is 5.32 Å². The molecule has 0 saturated heterocycles. The molecule has 0 fully saturated rings. The first kappa shape index (κ1) is 12.7. The second-order valence-electron chi connectivity index (χ2n) is 3.34. The van der Waals surface area contributed by atoms with Gasteiger partial charge in [0.1, 0.15) is 0 Å². The van der Waals surface area contributed by atoms with Crippen molar-refractivity contribution in [2.45, 2.75) is 12.5 Å². The number of rotatable bonds is 4. The summed E-state index contributed by atoms with van der Waals surface area (Å²) >= 11 is 0. The van der Waals surface area contributed by atoms with Gasteiger partial charge in [-0.25, -0.2) is 4.79 Å². The predicted molar refractivity (Wildman–Crippen MR) is 60.2 cm³/mol. The van der Waals surface area contributed by atoms with Crippen LogP contribution in [0.5, 0.6) is 0 Å². The number of nitrogens with zero attached hydrogens (tertiary/aromatic N) is 1. The summed E-state index contributed by atoms with van der Waals surface area (Å²) in [6, 6.07) is 6.56. The third-order valence-corrected chi connectivity index (χ3v) is 2.05. The van der Waals surface area contributed by atoms with Crippen LogP contribution in [0.1, 0.15) is 16.8 Å². The SMILES string of the molecule is N#CCC(N)C(=O)Nc1ccc(C(=O)O)cc1. The van der Waals surface area contributed by atoms with Crippen molar-refractivity contribution in [3.63, 3.8) is 0 Å². The quantitative estimate of drug-likeness (QED) is 0.702. The molecule has 1 rings (SSSR count). The number of nitriles is 1. The van der Waals surface area contributed by atoms with Crippen LogP contribution in [0.3, 0.4) is 0 Å². The van der Waals surface area contributed by atoms with Gasteiger partial charge in [-0.2, -0.15) is 5.26 Å². The molecule has 0 saturated carbocycles. The number of carboxylic acid groups (broad SMARTS) is 1. The highest BCUT2D eigenvalue weighted by Crippen LogP contribution is 2.10. The van der Waals surface area contributed by atoms with Crippen molar-refractivity contribution in [2.75, 3.05) is 5.32 Å². The lowest BCUT2D eigenvalue weighted by molar-refractivity contribution is -0.117. The lowest BCUT2D eigenvalue weighted by Crippen LogP contribution is -2.35. The monoisotopic (exact) mass is 233 g/mol. The zero-order valence-electron chi connectivity index (χ0n) is 8.88. The molecular formula is C11H11N3O3. The smallest absolute Gasteiger partial charge is 0.335 e. The first-order valence-electron chi connectivity index (χ1n) is 4.81. The summed E-state index contributed by atoms with van der Waals surface area (Å²) in [7, 11) is 0. The average Bonchev–Trinajstić information content (AvgIpc) is 2.30. The topological polar surface area (TPSA) is 116 Å². The van der Waals surface area contributed by atoms with E-state index in [9.17, 15) is 9.59 Å². The minimum Gasteiger partial charge on any atom is -0.478 e. The number of anilines is 1.